The van der Waals surface area contributed by atoms with Crippen molar-refractivity contribution in [3.8, 4) is 0 Å². The molecule has 0 saturated carbocycles. The maximum Gasteiger partial charge on any atom is 0.303 e. The summed E-state index contributed by atoms with van der Waals surface area (Å²) in [5.74, 6) is -0.633. The zero-order chi connectivity index (χ0) is 12.4. The summed E-state index contributed by atoms with van der Waals surface area (Å²) in [5.41, 5.74) is 5.17. The van der Waals surface area contributed by atoms with E-state index in [0.717, 1.165) is 32.2 Å². The average Bonchev–Trinajstić information content (AvgIpc) is 2.45. The van der Waals surface area contributed by atoms with Crippen molar-refractivity contribution in [1.29, 1.82) is 0 Å². The fraction of sp³-hybridized carbons (Fsp3) is 0.833. The van der Waals surface area contributed by atoms with Gasteiger partial charge in [0.1, 0.15) is 0 Å². The number of rotatable bonds is 5. The third kappa shape index (κ3) is 2.97. The van der Waals surface area contributed by atoms with Gasteiger partial charge in [0.15, 0.2) is 0 Å². The number of carbonyl (C=O) groups is 2. The molecule has 2 rings (SSSR count). The summed E-state index contributed by atoms with van der Waals surface area (Å²) in [4.78, 5) is 23.9. The third-order valence-electron chi connectivity index (χ3n) is 4.06. The van der Waals surface area contributed by atoms with Gasteiger partial charge < -0.3 is 10.8 Å². The topological polar surface area (TPSA) is 83.6 Å². The molecule has 0 aliphatic carbocycles. The predicted octanol–water partition coefficient (Wildman–Crippen LogP) is 0.579. The maximum absolute atomic E-state index is 10.8. The Morgan fingerprint density at radius 2 is 1.82 bits per heavy atom. The van der Waals surface area contributed by atoms with Gasteiger partial charge in [-0.3, -0.25) is 14.5 Å². The van der Waals surface area contributed by atoms with Gasteiger partial charge in [-0.15, -0.1) is 0 Å². The molecule has 5 heteroatoms. The van der Waals surface area contributed by atoms with E-state index in [2.05, 4.69) is 4.90 Å². The molecule has 0 aromatic carbocycles. The molecular formula is C12H20N2O3. The standard InChI is InChI=1S/C12H20N2O3/c13-11(15)3-4-14-9-1-2-10(14)6-8(5-9)7-12(16)17/h8-10H,1-7H2,(H2,13,15)(H,16,17). The molecule has 2 fully saturated rings. The lowest BCUT2D eigenvalue weighted by Gasteiger charge is -2.38. The first-order valence-corrected chi connectivity index (χ1v) is 6.32. The summed E-state index contributed by atoms with van der Waals surface area (Å²) < 4.78 is 0. The Kier molecular flexibility index (Phi) is 3.66. The Balaban J connectivity index is 1.88. The molecule has 2 atom stereocenters. The highest BCUT2D eigenvalue weighted by atomic mass is 16.4. The van der Waals surface area contributed by atoms with Gasteiger partial charge in [-0.05, 0) is 31.6 Å². The van der Waals surface area contributed by atoms with Crippen molar-refractivity contribution in [1.82, 2.24) is 4.90 Å². The lowest BCUT2D eigenvalue weighted by atomic mass is 9.88. The summed E-state index contributed by atoms with van der Waals surface area (Å²) in [6.45, 7) is 0.741. The fourth-order valence-electron chi connectivity index (χ4n) is 3.40. The van der Waals surface area contributed by atoms with E-state index in [-0.39, 0.29) is 12.3 Å². The van der Waals surface area contributed by atoms with Gasteiger partial charge in [-0.1, -0.05) is 0 Å². The Bertz CT molecular complexity index is 305. The number of carboxylic acid groups (broad SMARTS) is 1. The lowest BCUT2D eigenvalue weighted by molar-refractivity contribution is -0.138. The summed E-state index contributed by atoms with van der Waals surface area (Å²) in [6, 6.07) is 0.940. The molecule has 2 bridgehead atoms. The number of hydrogen-bond acceptors (Lipinski definition) is 3. The quantitative estimate of drug-likeness (QED) is 0.736. The molecule has 0 spiro atoms. The summed E-state index contributed by atoms with van der Waals surface area (Å²) >= 11 is 0. The largest absolute Gasteiger partial charge is 0.481 e. The zero-order valence-electron chi connectivity index (χ0n) is 9.97. The fourth-order valence-corrected chi connectivity index (χ4v) is 3.40. The van der Waals surface area contributed by atoms with Crippen LogP contribution in [0, 0.1) is 5.92 Å². The molecule has 17 heavy (non-hydrogen) atoms. The van der Waals surface area contributed by atoms with E-state index >= 15 is 0 Å². The first-order valence-electron chi connectivity index (χ1n) is 6.32. The van der Waals surface area contributed by atoms with E-state index in [1.54, 1.807) is 0 Å². The van der Waals surface area contributed by atoms with Crippen LogP contribution in [0.5, 0.6) is 0 Å². The number of fused-ring (bicyclic) bond motifs is 2. The highest BCUT2D eigenvalue weighted by Gasteiger charge is 2.40. The van der Waals surface area contributed by atoms with Crippen LogP contribution in [-0.2, 0) is 9.59 Å². The smallest absolute Gasteiger partial charge is 0.303 e. The number of primary amides is 1. The highest BCUT2D eigenvalue weighted by molar-refractivity contribution is 5.73. The van der Waals surface area contributed by atoms with Crippen molar-refractivity contribution in [2.24, 2.45) is 11.7 Å². The normalized spacial score (nSPS) is 32.6. The molecule has 0 aromatic heterocycles. The van der Waals surface area contributed by atoms with Gasteiger partial charge in [0.05, 0.1) is 0 Å². The summed E-state index contributed by atoms with van der Waals surface area (Å²) in [6.07, 6.45) is 4.90. The monoisotopic (exact) mass is 240 g/mol. The van der Waals surface area contributed by atoms with Crippen molar-refractivity contribution in [3.63, 3.8) is 0 Å². The Morgan fingerprint density at radius 3 is 2.29 bits per heavy atom. The van der Waals surface area contributed by atoms with Gasteiger partial charge in [0.2, 0.25) is 5.91 Å². The molecular weight excluding hydrogens is 220 g/mol. The Hall–Kier alpha value is -1.10. The van der Waals surface area contributed by atoms with E-state index in [1.165, 1.54) is 0 Å². The third-order valence-corrected chi connectivity index (χ3v) is 4.06. The van der Waals surface area contributed by atoms with Gasteiger partial charge in [-0.2, -0.15) is 0 Å². The second-order valence-electron chi connectivity index (χ2n) is 5.27. The number of amides is 1. The number of piperidine rings is 1. The van der Waals surface area contributed by atoms with Crippen molar-refractivity contribution in [2.75, 3.05) is 6.54 Å². The number of nitrogens with zero attached hydrogens (tertiary/aromatic N) is 1. The first kappa shape index (κ1) is 12.4. The van der Waals surface area contributed by atoms with Crippen molar-refractivity contribution < 1.29 is 14.7 Å². The molecule has 96 valence electrons. The number of hydrogen-bond donors (Lipinski definition) is 2. The van der Waals surface area contributed by atoms with Crippen molar-refractivity contribution >= 4 is 11.9 Å². The van der Waals surface area contributed by atoms with Crippen LogP contribution >= 0.6 is 0 Å². The van der Waals surface area contributed by atoms with Crippen molar-refractivity contribution in [2.45, 2.75) is 50.6 Å². The summed E-state index contributed by atoms with van der Waals surface area (Å²) in [5, 5.41) is 8.83. The van der Waals surface area contributed by atoms with Crippen LogP contribution in [0.4, 0.5) is 0 Å². The van der Waals surface area contributed by atoms with Crippen molar-refractivity contribution in [3.05, 3.63) is 0 Å². The molecule has 5 nitrogen and oxygen atoms in total. The van der Waals surface area contributed by atoms with Crippen LogP contribution in [-0.4, -0.2) is 40.5 Å². The maximum atomic E-state index is 10.8. The Labute approximate surface area is 101 Å². The minimum Gasteiger partial charge on any atom is -0.481 e. The van der Waals surface area contributed by atoms with Crippen LogP contribution < -0.4 is 5.73 Å². The van der Waals surface area contributed by atoms with Gasteiger partial charge in [0.25, 0.3) is 0 Å². The minimum absolute atomic E-state index is 0.253. The number of nitrogens with two attached hydrogens (primary N) is 1. The molecule has 3 N–H and O–H groups in total. The molecule has 0 aromatic rings. The second-order valence-corrected chi connectivity index (χ2v) is 5.27. The molecule has 2 aliphatic heterocycles. The van der Waals surface area contributed by atoms with Crippen LogP contribution in [0.25, 0.3) is 0 Å². The Morgan fingerprint density at radius 1 is 1.24 bits per heavy atom. The molecule has 2 saturated heterocycles. The van der Waals surface area contributed by atoms with Crippen LogP contribution in [0.3, 0.4) is 0 Å². The second kappa shape index (κ2) is 5.04. The van der Waals surface area contributed by atoms with E-state index in [0.29, 0.717) is 24.4 Å². The number of aliphatic carboxylic acids is 1. The predicted molar refractivity (Wildman–Crippen MR) is 62.3 cm³/mol. The van der Waals surface area contributed by atoms with Gasteiger partial charge >= 0.3 is 5.97 Å². The first-order chi connectivity index (χ1) is 8.06. The highest BCUT2D eigenvalue weighted by Crippen LogP contribution is 2.39. The lowest BCUT2D eigenvalue weighted by Crippen LogP contribution is -2.44. The minimum atomic E-state index is -0.694. The molecule has 1 amide bonds. The van der Waals surface area contributed by atoms with E-state index in [1.807, 2.05) is 0 Å². The molecule has 0 radical (unpaired) electrons. The van der Waals surface area contributed by atoms with E-state index in [4.69, 9.17) is 10.8 Å². The van der Waals surface area contributed by atoms with Gasteiger partial charge in [-0.25, -0.2) is 0 Å². The zero-order valence-corrected chi connectivity index (χ0v) is 9.97. The van der Waals surface area contributed by atoms with Gasteiger partial charge in [0, 0.05) is 31.5 Å². The SMILES string of the molecule is NC(=O)CCN1C2CCC1CC(CC(=O)O)C2. The van der Waals surface area contributed by atoms with E-state index in [9.17, 15) is 9.59 Å². The van der Waals surface area contributed by atoms with Crippen LogP contribution in [0.1, 0.15) is 38.5 Å². The molecule has 2 unspecified atom stereocenters. The van der Waals surface area contributed by atoms with Crippen LogP contribution in [0.2, 0.25) is 0 Å². The average molecular weight is 240 g/mol. The van der Waals surface area contributed by atoms with Crippen LogP contribution in [0.15, 0.2) is 0 Å². The van der Waals surface area contributed by atoms with E-state index < -0.39 is 5.97 Å². The number of carboxylic acids is 1. The molecule has 2 heterocycles. The summed E-state index contributed by atoms with van der Waals surface area (Å²) in [7, 11) is 0. The number of carbonyl (C=O) groups excluding carboxylic acids is 1. The molecule has 2 aliphatic rings.